The third-order valence-electron chi connectivity index (χ3n) is 9.03. The van der Waals surface area contributed by atoms with Gasteiger partial charge in [0.1, 0.15) is 12.6 Å². The third kappa shape index (κ3) is 40.1. The number of allylic oxidation sites excluding steroid dienone is 11. The molecule has 0 amide bonds. The van der Waals surface area contributed by atoms with Crippen LogP contribution in [-0.2, 0) is 37.5 Å². The topological polar surface area (TPSA) is 192 Å². The SMILES string of the molecule is CCCCC/C=C\C/C=C\C/C=C\CCCCCCC(=O)O[C@H](COC(=O)CCCC(O)/C=C/C=C/C/C=C/CCCCCCCC)COP(=O)(O)OC[C@H](N)C(=O)O. The van der Waals surface area contributed by atoms with E-state index in [0.717, 1.165) is 57.8 Å². The van der Waals surface area contributed by atoms with Gasteiger partial charge in [0.2, 0.25) is 0 Å². The van der Waals surface area contributed by atoms with Gasteiger partial charge < -0.3 is 30.3 Å². The summed E-state index contributed by atoms with van der Waals surface area (Å²) in [5.74, 6) is -2.63. The molecular weight excluding hydrogens is 773 g/mol. The lowest BCUT2D eigenvalue weighted by Gasteiger charge is -2.20. The number of carbonyl (C=O) groups is 3. The van der Waals surface area contributed by atoms with E-state index in [0.29, 0.717) is 19.3 Å². The predicted octanol–water partition coefficient (Wildman–Crippen LogP) is 10.7. The van der Waals surface area contributed by atoms with Gasteiger partial charge in [-0.3, -0.25) is 23.4 Å². The molecule has 0 aromatic heterocycles. The van der Waals surface area contributed by atoms with Gasteiger partial charge in [0.05, 0.1) is 19.3 Å². The predicted molar refractivity (Wildman–Crippen MR) is 237 cm³/mol. The Hall–Kier alpha value is -3.12. The summed E-state index contributed by atoms with van der Waals surface area (Å²) in [6, 6.07) is -1.55. The number of esters is 2. The van der Waals surface area contributed by atoms with E-state index in [9.17, 15) is 28.9 Å². The first kappa shape index (κ1) is 55.9. The van der Waals surface area contributed by atoms with Crippen LogP contribution in [0.3, 0.4) is 0 Å². The Bertz CT molecular complexity index is 1290. The molecular formula is C46H78NO11P. The van der Waals surface area contributed by atoms with Gasteiger partial charge in [0, 0.05) is 12.8 Å². The Morgan fingerprint density at radius 3 is 1.71 bits per heavy atom. The number of hydrogen-bond donors (Lipinski definition) is 4. The largest absolute Gasteiger partial charge is 0.480 e. The quantitative estimate of drug-likeness (QED) is 0.0150. The number of aliphatic hydroxyl groups excluding tert-OH is 1. The van der Waals surface area contributed by atoms with Crippen LogP contribution in [0.1, 0.15) is 162 Å². The zero-order valence-electron chi connectivity index (χ0n) is 36.2. The normalized spacial score (nSPS) is 14.9. The average molecular weight is 852 g/mol. The van der Waals surface area contributed by atoms with Gasteiger partial charge in [-0.15, -0.1) is 0 Å². The van der Waals surface area contributed by atoms with Crippen molar-refractivity contribution in [1.82, 2.24) is 0 Å². The smallest absolute Gasteiger partial charge is 0.472 e. The van der Waals surface area contributed by atoms with E-state index in [1.165, 1.54) is 57.8 Å². The van der Waals surface area contributed by atoms with Crippen LogP contribution < -0.4 is 5.73 Å². The maximum atomic E-state index is 12.6. The van der Waals surface area contributed by atoms with Crippen LogP contribution in [0.5, 0.6) is 0 Å². The highest BCUT2D eigenvalue weighted by molar-refractivity contribution is 7.47. The molecule has 0 heterocycles. The molecule has 5 N–H and O–H groups in total. The summed E-state index contributed by atoms with van der Waals surface area (Å²) in [4.78, 5) is 46.0. The first-order valence-electron chi connectivity index (χ1n) is 22.1. The Kier molecular flexibility index (Phi) is 38.2. The van der Waals surface area contributed by atoms with Gasteiger partial charge in [0.15, 0.2) is 6.10 Å². The van der Waals surface area contributed by atoms with Crippen molar-refractivity contribution in [3.63, 3.8) is 0 Å². The molecule has 0 aliphatic carbocycles. The first-order chi connectivity index (χ1) is 28.5. The van der Waals surface area contributed by atoms with Crippen LogP contribution in [0.4, 0.5) is 0 Å². The number of carboxylic acid groups (broad SMARTS) is 1. The van der Waals surface area contributed by atoms with Crippen molar-refractivity contribution in [2.45, 2.75) is 180 Å². The van der Waals surface area contributed by atoms with Gasteiger partial charge in [-0.05, 0) is 77.0 Å². The second-order valence-corrected chi connectivity index (χ2v) is 16.1. The molecule has 0 aliphatic heterocycles. The molecule has 0 spiro atoms. The van der Waals surface area contributed by atoms with Crippen molar-refractivity contribution in [1.29, 1.82) is 0 Å². The molecule has 59 heavy (non-hydrogen) atoms. The maximum absolute atomic E-state index is 12.6. The highest BCUT2D eigenvalue weighted by Gasteiger charge is 2.28. The van der Waals surface area contributed by atoms with Crippen LogP contribution in [0.15, 0.2) is 72.9 Å². The molecule has 0 aromatic carbocycles. The van der Waals surface area contributed by atoms with Crippen LogP contribution in [-0.4, -0.2) is 71.1 Å². The van der Waals surface area contributed by atoms with Crippen LogP contribution in [0.25, 0.3) is 0 Å². The summed E-state index contributed by atoms with van der Waals surface area (Å²) in [7, 11) is -4.77. The fraction of sp³-hybridized carbons (Fsp3) is 0.674. The molecule has 0 aromatic rings. The number of phosphoric acid groups is 1. The molecule has 4 atom stereocenters. The number of rotatable bonds is 40. The monoisotopic (exact) mass is 852 g/mol. The number of ether oxygens (including phenoxy) is 2. The number of phosphoric ester groups is 1. The molecule has 0 fully saturated rings. The fourth-order valence-electron chi connectivity index (χ4n) is 5.49. The molecule has 0 aliphatic rings. The van der Waals surface area contributed by atoms with E-state index in [4.69, 9.17) is 24.8 Å². The minimum atomic E-state index is -4.77. The minimum Gasteiger partial charge on any atom is -0.480 e. The maximum Gasteiger partial charge on any atom is 0.472 e. The molecule has 0 radical (unpaired) electrons. The number of aliphatic carboxylic acids is 1. The van der Waals surface area contributed by atoms with Gasteiger partial charge in [-0.1, -0.05) is 145 Å². The molecule has 0 saturated heterocycles. The Morgan fingerprint density at radius 1 is 0.610 bits per heavy atom. The second kappa shape index (κ2) is 40.3. The second-order valence-electron chi connectivity index (χ2n) is 14.7. The minimum absolute atomic E-state index is 0.0108. The van der Waals surface area contributed by atoms with Gasteiger partial charge in [0.25, 0.3) is 0 Å². The zero-order valence-corrected chi connectivity index (χ0v) is 37.1. The summed E-state index contributed by atoms with van der Waals surface area (Å²) in [6.07, 6.45) is 44.2. The standard InChI is InChI=1S/C46H78NO11P/c1-3-5-7-9-11-13-15-17-18-19-20-22-24-26-28-30-32-36-45(50)58-42(39-56-59(53,54)57-40-43(47)46(51)52)38-55-44(49)37-33-35-41(48)34-31-29-27-25-23-21-16-14-12-10-8-6-4-2/h11,13,17-18,20-23,27,29,31,34,41-43,48H,3-10,12,14-16,19,24-26,28,30,32-33,35-40,47H2,1-2H3,(H,51,52)(H,53,54)/b13-11-,18-17-,22-20-,23-21+,29-27+,34-31+/t41?,42-,43+/m1/s1. The molecule has 338 valence electrons. The number of hydrogen-bond acceptors (Lipinski definition) is 10. The number of carbonyl (C=O) groups excluding carboxylic acids is 2. The Labute approximate surface area is 355 Å². The first-order valence-corrected chi connectivity index (χ1v) is 23.6. The van der Waals surface area contributed by atoms with Crippen molar-refractivity contribution in [2.24, 2.45) is 5.73 Å². The van der Waals surface area contributed by atoms with E-state index in [2.05, 4.69) is 67.0 Å². The van der Waals surface area contributed by atoms with Crippen LogP contribution >= 0.6 is 7.82 Å². The lowest BCUT2D eigenvalue weighted by molar-refractivity contribution is -0.161. The highest BCUT2D eigenvalue weighted by atomic mass is 31.2. The summed E-state index contributed by atoms with van der Waals surface area (Å²) < 4.78 is 32.5. The zero-order chi connectivity index (χ0) is 43.7. The van der Waals surface area contributed by atoms with Crippen LogP contribution in [0.2, 0.25) is 0 Å². The Balaban J connectivity index is 4.60. The van der Waals surface area contributed by atoms with E-state index >= 15 is 0 Å². The molecule has 0 saturated carbocycles. The number of aliphatic hydroxyl groups is 1. The lowest BCUT2D eigenvalue weighted by Crippen LogP contribution is -2.34. The van der Waals surface area contributed by atoms with Crippen molar-refractivity contribution >= 4 is 25.7 Å². The third-order valence-corrected chi connectivity index (χ3v) is 9.98. The summed E-state index contributed by atoms with van der Waals surface area (Å²) in [6.45, 7) is 2.54. The summed E-state index contributed by atoms with van der Waals surface area (Å²) >= 11 is 0. The van der Waals surface area contributed by atoms with Crippen molar-refractivity contribution in [2.75, 3.05) is 19.8 Å². The van der Waals surface area contributed by atoms with E-state index < -0.39 is 63.8 Å². The van der Waals surface area contributed by atoms with Crippen molar-refractivity contribution in [3.05, 3.63) is 72.9 Å². The molecule has 2 unspecified atom stereocenters. The number of nitrogens with two attached hydrogens (primary N) is 1. The highest BCUT2D eigenvalue weighted by Crippen LogP contribution is 2.43. The van der Waals surface area contributed by atoms with Gasteiger partial charge >= 0.3 is 25.7 Å². The molecule has 12 nitrogen and oxygen atoms in total. The summed E-state index contributed by atoms with van der Waals surface area (Å²) in [5, 5.41) is 19.1. The fourth-order valence-corrected chi connectivity index (χ4v) is 6.27. The van der Waals surface area contributed by atoms with Crippen LogP contribution in [0, 0.1) is 0 Å². The molecule has 0 rings (SSSR count). The van der Waals surface area contributed by atoms with Gasteiger partial charge in [-0.2, -0.15) is 0 Å². The number of carboxylic acids is 1. The molecule has 0 bridgehead atoms. The molecule has 13 heteroatoms. The van der Waals surface area contributed by atoms with Crippen molar-refractivity contribution < 1.29 is 52.6 Å². The van der Waals surface area contributed by atoms with E-state index in [1.807, 2.05) is 12.2 Å². The van der Waals surface area contributed by atoms with Crippen molar-refractivity contribution in [3.8, 4) is 0 Å². The Morgan fingerprint density at radius 2 is 1.10 bits per heavy atom. The number of unbranched alkanes of at least 4 members (excludes halogenated alkanes) is 13. The van der Waals surface area contributed by atoms with Gasteiger partial charge in [-0.25, -0.2) is 4.57 Å². The summed E-state index contributed by atoms with van der Waals surface area (Å²) in [5.41, 5.74) is 5.32. The average Bonchev–Trinajstić information content (AvgIpc) is 3.20. The lowest BCUT2D eigenvalue weighted by atomic mass is 10.1. The van der Waals surface area contributed by atoms with E-state index in [-0.39, 0.29) is 12.8 Å². The van der Waals surface area contributed by atoms with E-state index in [1.54, 1.807) is 12.2 Å².